The molecule has 1 atom stereocenters. The van der Waals surface area contributed by atoms with E-state index in [9.17, 15) is 0 Å². The molecule has 1 rings (SSSR count). The predicted octanol–water partition coefficient (Wildman–Crippen LogP) is 0.986. The van der Waals surface area contributed by atoms with E-state index in [4.69, 9.17) is 7.85 Å². The Hall–Kier alpha value is -0.410. The minimum absolute atomic E-state index is 0.206. The highest BCUT2D eigenvalue weighted by molar-refractivity contribution is 7.09. The number of aliphatic hydroxyl groups excluding tert-OH is 1. The van der Waals surface area contributed by atoms with Gasteiger partial charge in [-0.2, -0.15) is 0 Å². The first-order valence-electron chi connectivity index (χ1n) is 3.70. The van der Waals surface area contributed by atoms with Crippen molar-refractivity contribution in [3.8, 4) is 0 Å². The zero-order valence-electron chi connectivity index (χ0n) is 7.09. The molecule has 0 aliphatic rings. The molecule has 1 aromatic heterocycles. The summed E-state index contributed by atoms with van der Waals surface area (Å²) in [7, 11) is 0. The van der Waals surface area contributed by atoms with Crippen LogP contribution in [0.1, 0.15) is 13.3 Å². The Morgan fingerprint density at radius 2 is 2.89 bits per heavy atom. The maximum absolute atomic E-state index is 8.65. The lowest BCUT2D eigenvalue weighted by molar-refractivity contribution is 0.300. The number of rotatable bonds is 2. The Balaban J connectivity index is 2.93. The van der Waals surface area contributed by atoms with Gasteiger partial charge >= 0.3 is 0 Å². The number of aromatic nitrogens is 1. The van der Waals surface area contributed by atoms with E-state index in [1.165, 1.54) is 0 Å². The molecule has 2 nitrogen and oxygen atoms in total. The van der Waals surface area contributed by atoms with Gasteiger partial charge in [-0.05, 0) is 6.92 Å². The largest absolute Gasteiger partial charge is 0.396 e. The summed E-state index contributed by atoms with van der Waals surface area (Å²) in [4.78, 5) is 4.53. The fraction of sp³-hybridized carbons (Fsp3) is 0.500. The highest BCUT2D eigenvalue weighted by atomic mass is 32.1. The summed E-state index contributed by atoms with van der Waals surface area (Å²) in [6.45, 7) is 1.55. The maximum Gasteiger partial charge on any atom is 0.0960 e. The van der Waals surface area contributed by atoms with Crippen molar-refractivity contribution in [2.45, 2.75) is 13.3 Å². The topological polar surface area (TPSA) is 33.1 Å². The molecule has 50 valence electrons. The van der Waals surface area contributed by atoms with E-state index < -0.39 is 6.40 Å². The zero-order valence-corrected chi connectivity index (χ0v) is 5.90. The summed E-state index contributed by atoms with van der Waals surface area (Å²) < 4.78 is 14.5. The first-order chi connectivity index (χ1) is 5.15. The van der Waals surface area contributed by atoms with Gasteiger partial charge in [-0.3, -0.25) is 0 Å². The SMILES string of the molecule is [3H]c1nc(C)c(C([3H])CO)s1. The smallest absolute Gasteiger partial charge is 0.0960 e. The Morgan fingerprint density at radius 1 is 2.11 bits per heavy atom. The average molecular weight is 147 g/mol. The summed E-state index contributed by atoms with van der Waals surface area (Å²) in [5, 5.41) is 8.65. The highest BCUT2D eigenvalue weighted by Gasteiger charge is 1.97. The number of hydrogen-bond acceptors (Lipinski definition) is 3. The lowest BCUT2D eigenvalue weighted by Gasteiger charge is -1.90. The second-order valence-corrected chi connectivity index (χ2v) is 2.47. The van der Waals surface area contributed by atoms with Gasteiger partial charge in [-0.1, -0.05) is 0 Å². The molecule has 0 amide bonds. The van der Waals surface area contributed by atoms with Crippen LogP contribution in [0.5, 0.6) is 0 Å². The third-order valence-electron chi connectivity index (χ3n) is 1.00. The van der Waals surface area contributed by atoms with Gasteiger partial charge in [0.05, 0.1) is 12.6 Å². The molecular formula is C6H9NOS. The fourth-order valence-electron chi connectivity index (χ4n) is 0.542. The second kappa shape index (κ2) is 2.94. The van der Waals surface area contributed by atoms with Crippen molar-refractivity contribution < 1.29 is 7.85 Å². The monoisotopic (exact) mass is 147 g/mol. The molecule has 0 aromatic carbocycles. The molecule has 0 bridgehead atoms. The first-order valence-corrected chi connectivity index (χ1v) is 3.44. The van der Waals surface area contributed by atoms with Gasteiger partial charge in [0.15, 0.2) is 0 Å². The van der Waals surface area contributed by atoms with Crippen LogP contribution in [0.3, 0.4) is 0 Å². The molecule has 3 heteroatoms. The fourth-order valence-corrected chi connectivity index (χ4v) is 1.17. The van der Waals surface area contributed by atoms with Crippen molar-refractivity contribution in [3.63, 3.8) is 0 Å². The van der Waals surface area contributed by atoms with Crippen LogP contribution in [0.25, 0.3) is 0 Å². The minimum Gasteiger partial charge on any atom is -0.396 e. The molecular weight excluding hydrogens is 134 g/mol. The molecule has 0 radical (unpaired) electrons. The normalized spacial score (nSPS) is 16.7. The van der Waals surface area contributed by atoms with E-state index in [1.54, 1.807) is 6.92 Å². The van der Waals surface area contributed by atoms with Gasteiger partial charge in [0, 0.05) is 19.3 Å². The minimum atomic E-state index is -0.633. The first kappa shape index (κ1) is 4.41. The van der Waals surface area contributed by atoms with Crippen LogP contribution in [0, 0.1) is 6.92 Å². The summed E-state index contributed by atoms with van der Waals surface area (Å²) in [6.07, 6.45) is -0.633. The van der Waals surface area contributed by atoms with E-state index in [1.807, 2.05) is 0 Å². The van der Waals surface area contributed by atoms with Crippen LogP contribution in [-0.4, -0.2) is 16.7 Å². The van der Waals surface area contributed by atoms with Crippen molar-refractivity contribution in [1.29, 1.82) is 0 Å². The summed E-state index contributed by atoms with van der Waals surface area (Å²) in [5.74, 6) is 0. The molecule has 0 spiro atoms. The summed E-state index contributed by atoms with van der Waals surface area (Å²) >= 11 is 1.16. The Labute approximate surface area is 61.0 Å². The molecule has 0 saturated heterocycles. The van der Waals surface area contributed by atoms with E-state index in [0.717, 1.165) is 11.3 Å². The average Bonchev–Trinajstić information content (AvgIpc) is 2.28. The van der Waals surface area contributed by atoms with Crippen molar-refractivity contribution in [1.82, 2.24) is 4.98 Å². The molecule has 1 heterocycles. The van der Waals surface area contributed by atoms with Crippen LogP contribution < -0.4 is 0 Å². The maximum atomic E-state index is 8.65. The lowest BCUT2D eigenvalue weighted by atomic mass is 10.3. The number of thiazole rings is 1. The molecule has 1 aromatic rings. The highest BCUT2D eigenvalue weighted by Crippen LogP contribution is 2.11. The van der Waals surface area contributed by atoms with Crippen LogP contribution in [-0.2, 0) is 6.40 Å². The summed E-state index contributed by atoms with van der Waals surface area (Å²) in [5.41, 5.74) is 0.900. The number of nitrogens with zero attached hydrogens (tertiary/aromatic N) is 1. The van der Waals surface area contributed by atoms with Gasteiger partial charge in [0.1, 0.15) is 0 Å². The predicted molar refractivity (Wildman–Crippen MR) is 37.6 cm³/mol. The van der Waals surface area contributed by atoms with E-state index in [0.29, 0.717) is 10.6 Å². The molecule has 0 saturated carbocycles. The Kier molecular flexibility index (Phi) is 1.44. The molecule has 1 unspecified atom stereocenters. The number of aliphatic hydroxyl groups is 1. The number of hydrogen-bond donors (Lipinski definition) is 1. The van der Waals surface area contributed by atoms with Crippen LogP contribution in [0.2, 0.25) is 0 Å². The third-order valence-corrected chi connectivity index (χ3v) is 1.87. The van der Waals surface area contributed by atoms with Crippen LogP contribution >= 0.6 is 11.3 Å². The molecule has 0 fully saturated rings. The molecule has 9 heavy (non-hydrogen) atoms. The van der Waals surface area contributed by atoms with Crippen molar-refractivity contribution in [2.24, 2.45) is 0 Å². The molecule has 0 aliphatic carbocycles. The quantitative estimate of drug-likeness (QED) is 0.676. The van der Waals surface area contributed by atoms with Gasteiger partial charge in [-0.15, -0.1) is 11.3 Å². The van der Waals surface area contributed by atoms with Crippen molar-refractivity contribution in [2.75, 3.05) is 6.61 Å². The molecule has 0 aliphatic heterocycles. The second-order valence-electron chi connectivity index (χ2n) is 1.64. The van der Waals surface area contributed by atoms with Crippen LogP contribution in [0.15, 0.2) is 5.49 Å². The van der Waals surface area contributed by atoms with Gasteiger partial charge in [0.25, 0.3) is 0 Å². The standard InChI is InChI=1S/C6H9NOS/c1-5-6(2-3-8)9-4-7-5/h4,8H,2-3H2,1H3/i2T,4T. The van der Waals surface area contributed by atoms with E-state index in [2.05, 4.69) is 4.98 Å². The van der Waals surface area contributed by atoms with Gasteiger partial charge in [0.2, 0.25) is 0 Å². The molecule has 1 N–H and O–H groups in total. The Bertz CT molecular complexity index is 251. The van der Waals surface area contributed by atoms with Crippen molar-refractivity contribution >= 4 is 11.3 Å². The zero-order chi connectivity index (χ0) is 8.43. The lowest BCUT2D eigenvalue weighted by Crippen LogP contribution is -1.88. The summed E-state index contributed by atoms with van der Waals surface area (Å²) in [6, 6.07) is 0. The van der Waals surface area contributed by atoms with Crippen LogP contribution in [0.4, 0.5) is 0 Å². The van der Waals surface area contributed by atoms with Crippen molar-refractivity contribution in [3.05, 3.63) is 16.1 Å². The third kappa shape index (κ3) is 1.50. The van der Waals surface area contributed by atoms with Gasteiger partial charge in [-0.25, -0.2) is 4.98 Å². The number of aryl methyl sites for hydroxylation is 1. The Morgan fingerprint density at radius 3 is 3.33 bits per heavy atom. The van der Waals surface area contributed by atoms with Gasteiger partial charge < -0.3 is 5.11 Å². The van der Waals surface area contributed by atoms with E-state index >= 15 is 0 Å². The van der Waals surface area contributed by atoms with E-state index in [-0.39, 0.29) is 12.1 Å².